The Balaban J connectivity index is 1.05. The third-order valence-corrected chi connectivity index (χ3v) is 11.3. The van der Waals surface area contributed by atoms with Gasteiger partial charge in [0.25, 0.3) is 11.8 Å². The Morgan fingerprint density at radius 2 is 1.76 bits per heavy atom. The number of carbonyl (C=O) groups excluding carboxylic acids is 2. The second kappa shape index (κ2) is 16.1. The number of piperidine rings is 1. The first-order valence-electron chi connectivity index (χ1n) is 18.2. The first kappa shape index (κ1) is 36.8. The summed E-state index contributed by atoms with van der Waals surface area (Å²) in [7, 11) is 0. The second-order valence-corrected chi connectivity index (χ2v) is 15.0. The number of ether oxygens (including phenoxy) is 2. The van der Waals surface area contributed by atoms with Crippen LogP contribution in [0.15, 0.2) is 48.5 Å². The molecular weight excluding hydrogens is 673 g/mol. The van der Waals surface area contributed by atoms with Crippen LogP contribution in [0.5, 0.6) is 11.6 Å². The van der Waals surface area contributed by atoms with E-state index in [0.29, 0.717) is 23.7 Å². The van der Waals surface area contributed by atoms with Crippen LogP contribution in [-0.2, 0) is 4.74 Å². The number of likely N-dealkylation sites (tertiary alicyclic amines) is 1. The number of aromatic nitrogens is 3. The predicted molar refractivity (Wildman–Crippen MR) is 193 cm³/mol. The van der Waals surface area contributed by atoms with Crippen molar-refractivity contribution in [3.05, 3.63) is 70.8 Å². The Morgan fingerprint density at radius 3 is 2.43 bits per heavy atom. The second-order valence-electron chi connectivity index (χ2n) is 14.6. The van der Waals surface area contributed by atoms with E-state index in [0.717, 1.165) is 83.2 Å². The van der Waals surface area contributed by atoms with Crippen molar-refractivity contribution in [3.63, 3.8) is 0 Å². The van der Waals surface area contributed by atoms with Gasteiger partial charge < -0.3 is 29.9 Å². The Bertz CT molecular complexity index is 1660. The lowest BCUT2D eigenvalue weighted by Gasteiger charge is -2.47. The molecule has 3 fully saturated rings. The van der Waals surface area contributed by atoms with Gasteiger partial charge in [-0.05, 0) is 126 Å². The molecule has 1 spiro atoms. The van der Waals surface area contributed by atoms with E-state index in [-0.39, 0.29) is 46.4 Å². The van der Waals surface area contributed by atoms with E-state index in [2.05, 4.69) is 25.0 Å². The molecule has 1 saturated carbocycles. The molecule has 3 heterocycles. The summed E-state index contributed by atoms with van der Waals surface area (Å²) in [4.78, 5) is 36.0. The van der Waals surface area contributed by atoms with Crippen molar-refractivity contribution in [3.8, 4) is 11.6 Å². The molecule has 2 atom stereocenters. The van der Waals surface area contributed by atoms with Crippen molar-refractivity contribution in [2.24, 2.45) is 23.0 Å². The van der Waals surface area contributed by atoms with Gasteiger partial charge in [0, 0.05) is 38.1 Å². The minimum Gasteiger partial charge on any atom is -0.441 e. The van der Waals surface area contributed by atoms with Crippen molar-refractivity contribution >= 4 is 29.4 Å². The molecule has 2 aromatic carbocycles. The van der Waals surface area contributed by atoms with Crippen LogP contribution >= 0.6 is 11.6 Å². The molecule has 6 rings (SSSR count). The van der Waals surface area contributed by atoms with E-state index in [1.165, 1.54) is 18.2 Å². The maximum atomic E-state index is 14.4. The van der Waals surface area contributed by atoms with Crippen LogP contribution in [0.25, 0.3) is 0 Å². The first-order valence-corrected chi connectivity index (χ1v) is 18.6. The number of rotatable bonds is 11. The summed E-state index contributed by atoms with van der Waals surface area (Å²) in [6.45, 7) is 10.8. The number of halogens is 2. The lowest BCUT2D eigenvalue weighted by Crippen LogP contribution is -2.44. The monoisotopic (exact) mass is 721 g/mol. The fraction of sp³-hybridized carbons (Fsp3) is 0.553. The van der Waals surface area contributed by atoms with Gasteiger partial charge in [0.1, 0.15) is 17.7 Å². The van der Waals surface area contributed by atoms with Crippen LogP contribution in [0.1, 0.15) is 87.7 Å². The van der Waals surface area contributed by atoms with E-state index in [9.17, 15) is 14.0 Å². The lowest BCUT2D eigenvalue weighted by atomic mass is 9.64. The van der Waals surface area contributed by atoms with Crippen molar-refractivity contribution < 1.29 is 23.5 Å². The summed E-state index contributed by atoms with van der Waals surface area (Å²) in [6, 6.07) is 13.8. The molecule has 274 valence electrons. The van der Waals surface area contributed by atoms with Crippen LogP contribution in [0.3, 0.4) is 0 Å². The minimum absolute atomic E-state index is 0.000463. The van der Waals surface area contributed by atoms with Gasteiger partial charge in [0.05, 0.1) is 5.56 Å². The molecule has 1 unspecified atom stereocenters. The summed E-state index contributed by atoms with van der Waals surface area (Å²) in [5, 5.41) is 8.13. The van der Waals surface area contributed by atoms with Crippen LogP contribution < -0.4 is 15.4 Å². The fourth-order valence-corrected chi connectivity index (χ4v) is 8.45. The molecule has 2 aliphatic heterocycles. The standard InChI is InChI=1S/C38H49ClFN7O4/c1-4-47(25(2)3)35(48)30-22-29(40)10-11-31(30)50-34-33(42-36(39)44-43-34)46-19-14-26(24-46)23-45-20-17-38(18-21-45)15-12-28(13-16-38)32(51-37(41)49)27-8-6-5-7-9-27/h5-11,22,25-26,28,32H,4,12-21,23-24H2,1-3H3,(H2,41,49)/t26?,32-/m1/s1. The Kier molecular flexibility index (Phi) is 11.6. The zero-order chi connectivity index (χ0) is 36.1. The normalized spacial score (nSPS) is 20.0. The molecule has 3 aliphatic rings. The van der Waals surface area contributed by atoms with E-state index >= 15 is 0 Å². The molecule has 3 aromatic rings. The minimum atomic E-state index is -0.718. The first-order chi connectivity index (χ1) is 24.5. The molecule has 1 aliphatic carbocycles. The van der Waals surface area contributed by atoms with Crippen molar-refractivity contribution in [2.75, 3.05) is 44.2 Å². The molecule has 2 N–H and O–H groups in total. The van der Waals surface area contributed by atoms with E-state index in [4.69, 9.17) is 26.8 Å². The van der Waals surface area contributed by atoms with Gasteiger partial charge in [-0.25, -0.2) is 9.18 Å². The summed E-state index contributed by atoms with van der Waals surface area (Å²) < 4.78 is 26.2. The SMILES string of the molecule is CCN(C(=O)c1cc(F)ccc1Oc1nnc(Cl)nc1N1CCC(CN2CCC3(CCC([C@H](OC(N)=O)c4ccccc4)CC3)CC2)C1)C(C)C. The van der Waals surface area contributed by atoms with Gasteiger partial charge >= 0.3 is 6.09 Å². The van der Waals surface area contributed by atoms with E-state index in [1.54, 1.807) is 4.90 Å². The molecule has 2 saturated heterocycles. The van der Waals surface area contributed by atoms with Gasteiger partial charge in [-0.15, -0.1) is 10.2 Å². The molecule has 0 radical (unpaired) electrons. The fourth-order valence-electron chi connectivity index (χ4n) is 8.33. The number of amides is 2. The lowest BCUT2D eigenvalue weighted by molar-refractivity contribution is 0.00271. The molecule has 13 heteroatoms. The van der Waals surface area contributed by atoms with Gasteiger partial charge in [-0.1, -0.05) is 30.3 Å². The molecular formula is C38H49ClFN7O4. The Labute approximate surface area is 304 Å². The number of hydrogen-bond acceptors (Lipinski definition) is 9. The molecule has 2 amide bonds. The van der Waals surface area contributed by atoms with Crippen LogP contribution in [0, 0.1) is 23.1 Å². The number of anilines is 1. The Morgan fingerprint density at radius 1 is 1.04 bits per heavy atom. The molecule has 11 nitrogen and oxygen atoms in total. The summed E-state index contributed by atoms with van der Waals surface area (Å²) in [6.07, 6.45) is 6.60. The highest BCUT2D eigenvalue weighted by Crippen LogP contribution is 2.50. The van der Waals surface area contributed by atoms with E-state index in [1.807, 2.05) is 51.1 Å². The topological polar surface area (TPSA) is 127 Å². The average Bonchev–Trinajstić information content (AvgIpc) is 3.59. The van der Waals surface area contributed by atoms with Crippen molar-refractivity contribution in [1.82, 2.24) is 25.0 Å². The predicted octanol–water partition coefficient (Wildman–Crippen LogP) is 7.26. The van der Waals surface area contributed by atoms with Gasteiger partial charge in [0.2, 0.25) is 5.28 Å². The number of nitrogens with zero attached hydrogens (tertiary/aromatic N) is 6. The maximum absolute atomic E-state index is 14.4. The summed E-state index contributed by atoms with van der Waals surface area (Å²) in [5.41, 5.74) is 6.93. The maximum Gasteiger partial charge on any atom is 0.405 e. The van der Waals surface area contributed by atoms with Crippen molar-refractivity contribution in [2.45, 2.75) is 77.9 Å². The number of carbonyl (C=O) groups is 2. The highest BCUT2D eigenvalue weighted by atomic mass is 35.5. The van der Waals surface area contributed by atoms with Gasteiger partial charge in [-0.3, -0.25) is 4.79 Å². The highest BCUT2D eigenvalue weighted by molar-refractivity contribution is 6.28. The quantitative estimate of drug-likeness (QED) is 0.218. The molecule has 51 heavy (non-hydrogen) atoms. The largest absolute Gasteiger partial charge is 0.441 e. The van der Waals surface area contributed by atoms with Crippen molar-refractivity contribution in [1.29, 1.82) is 0 Å². The van der Waals surface area contributed by atoms with Crippen LogP contribution in [0.4, 0.5) is 15.0 Å². The van der Waals surface area contributed by atoms with Gasteiger partial charge in [-0.2, -0.15) is 4.98 Å². The van der Waals surface area contributed by atoms with E-state index < -0.39 is 11.9 Å². The van der Waals surface area contributed by atoms with Crippen LogP contribution in [0.2, 0.25) is 5.28 Å². The Hall–Kier alpha value is -4.03. The average molecular weight is 722 g/mol. The third kappa shape index (κ3) is 8.72. The van der Waals surface area contributed by atoms with Crippen LogP contribution in [-0.4, -0.2) is 82.3 Å². The summed E-state index contributed by atoms with van der Waals surface area (Å²) in [5.74, 6) is 0.595. The zero-order valence-electron chi connectivity index (χ0n) is 29.8. The highest BCUT2D eigenvalue weighted by Gasteiger charge is 2.41. The smallest absolute Gasteiger partial charge is 0.405 e. The third-order valence-electron chi connectivity index (χ3n) is 11.1. The van der Waals surface area contributed by atoms with Gasteiger partial charge in [0.15, 0.2) is 5.82 Å². The molecule has 1 aromatic heterocycles. The number of benzene rings is 2. The summed E-state index contributed by atoms with van der Waals surface area (Å²) >= 11 is 6.23. The number of primary amides is 1. The molecule has 0 bridgehead atoms. The number of hydrogen-bond donors (Lipinski definition) is 1. The zero-order valence-corrected chi connectivity index (χ0v) is 30.5. The number of nitrogens with two attached hydrogens (primary N) is 1.